The summed E-state index contributed by atoms with van der Waals surface area (Å²) in [6.45, 7) is 0. The summed E-state index contributed by atoms with van der Waals surface area (Å²) in [5, 5.41) is 0. The summed E-state index contributed by atoms with van der Waals surface area (Å²) in [4.78, 5) is 0. The van der Waals surface area contributed by atoms with Gasteiger partial charge in [0.2, 0.25) is 0 Å². The van der Waals surface area contributed by atoms with E-state index in [0.717, 1.165) is 0 Å². The Morgan fingerprint density at radius 1 is 0.810 bits per heavy atom. The van der Waals surface area contributed by atoms with Crippen molar-refractivity contribution in [3.8, 4) is 0 Å². The minimum atomic E-state index is -5.84. The fourth-order valence-electron chi connectivity index (χ4n) is 1.29. The van der Waals surface area contributed by atoms with Gasteiger partial charge in [-0.05, 0) is 0 Å². The third kappa shape index (κ3) is 6.46. The molecule has 21 heavy (non-hydrogen) atoms. The van der Waals surface area contributed by atoms with Gasteiger partial charge in [0.05, 0.1) is 0 Å². The number of hydrogen-bond acceptors (Lipinski definition) is 2. The highest BCUT2D eigenvalue weighted by Crippen LogP contribution is 2.20. The van der Waals surface area contributed by atoms with Crippen LogP contribution in [0.3, 0.4) is 0 Å². The normalized spacial score (nSPS) is 11.2. The molecule has 0 saturated carbocycles. The molecule has 2 rings (SSSR count). The molecule has 0 amide bonds. The van der Waals surface area contributed by atoms with Crippen molar-refractivity contribution in [2.75, 3.05) is 0 Å². The van der Waals surface area contributed by atoms with E-state index in [1.54, 1.807) is 0 Å². The molecule has 2 aromatic rings. The molecular formula is C13H11BF3O3S. The molecule has 0 bridgehead atoms. The van der Waals surface area contributed by atoms with Gasteiger partial charge in [0.25, 0.3) is 0 Å². The lowest BCUT2D eigenvalue weighted by molar-refractivity contribution is -0.0510. The largest absolute Gasteiger partial charge is 0.522 e. The minimum Gasteiger partial charge on any atom is -0.279 e. The van der Waals surface area contributed by atoms with E-state index in [1.807, 2.05) is 12.1 Å². The molecule has 0 saturated heterocycles. The molecule has 3 nitrogen and oxygen atoms in total. The highest BCUT2D eigenvalue weighted by molar-refractivity contribution is 7.86. The van der Waals surface area contributed by atoms with Crippen LogP contribution in [0.2, 0.25) is 0 Å². The first-order valence-electron chi connectivity index (χ1n) is 5.69. The lowest BCUT2D eigenvalue weighted by Gasteiger charge is -1.98. The summed E-state index contributed by atoms with van der Waals surface area (Å²) in [6.07, 6.45) is 0. The zero-order valence-electron chi connectivity index (χ0n) is 10.7. The molecular weight excluding hydrogens is 304 g/mol. The van der Waals surface area contributed by atoms with Gasteiger partial charge >= 0.3 is 15.6 Å². The van der Waals surface area contributed by atoms with Crippen molar-refractivity contribution in [1.29, 1.82) is 0 Å². The maximum Gasteiger partial charge on any atom is 0.522 e. The van der Waals surface area contributed by atoms with Crippen molar-refractivity contribution in [3.05, 3.63) is 60.7 Å². The third-order valence-electron chi connectivity index (χ3n) is 2.22. The number of alkyl halides is 3. The van der Waals surface area contributed by atoms with Crippen LogP contribution in [-0.2, 0) is 10.1 Å². The third-order valence-corrected chi connectivity index (χ3v) is 2.81. The van der Waals surface area contributed by atoms with E-state index in [1.165, 1.54) is 10.9 Å². The van der Waals surface area contributed by atoms with Crippen molar-refractivity contribution >= 4 is 28.3 Å². The van der Waals surface area contributed by atoms with Gasteiger partial charge in [-0.15, -0.1) is 0 Å². The Kier molecular flexibility index (Phi) is 5.98. The zero-order chi connectivity index (χ0) is 15.9. The molecule has 1 N–H and O–H groups in total. The van der Waals surface area contributed by atoms with Crippen molar-refractivity contribution in [2.45, 2.75) is 5.51 Å². The molecule has 111 valence electrons. The van der Waals surface area contributed by atoms with Crippen LogP contribution in [0.5, 0.6) is 0 Å². The van der Waals surface area contributed by atoms with E-state index in [2.05, 4.69) is 55.8 Å². The first-order valence-corrected chi connectivity index (χ1v) is 7.13. The van der Waals surface area contributed by atoms with Gasteiger partial charge < -0.3 is 0 Å². The van der Waals surface area contributed by atoms with Gasteiger partial charge in [0, 0.05) is 0 Å². The van der Waals surface area contributed by atoms with Gasteiger partial charge in [-0.3, -0.25) is 4.55 Å². The second kappa shape index (κ2) is 7.28. The quantitative estimate of drug-likeness (QED) is 0.522. The van der Waals surface area contributed by atoms with E-state index >= 15 is 0 Å². The molecule has 0 aliphatic rings. The van der Waals surface area contributed by atoms with Crippen LogP contribution in [0.4, 0.5) is 13.2 Å². The second-order valence-corrected chi connectivity index (χ2v) is 5.30. The SMILES string of the molecule is O=S(=O)(O)C(F)(F)F.[B](c1ccccc1)c1ccccc1. The van der Waals surface area contributed by atoms with Crippen LogP contribution in [0.1, 0.15) is 0 Å². The molecule has 2 aromatic carbocycles. The predicted molar refractivity (Wildman–Crippen MR) is 75.5 cm³/mol. The Labute approximate surface area is 121 Å². The molecule has 0 unspecified atom stereocenters. The molecule has 0 aliphatic heterocycles. The van der Waals surface area contributed by atoms with Crippen LogP contribution in [0.25, 0.3) is 0 Å². The van der Waals surface area contributed by atoms with Gasteiger partial charge in [0.15, 0.2) is 7.28 Å². The molecule has 0 heterocycles. The number of hydrogen-bond donors (Lipinski definition) is 1. The van der Waals surface area contributed by atoms with Crippen molar-refractivity contribution in [1.82, 2.24) is 0 Å². The molecule has 1 radical (unpaired) electrons. The predicted octanol–water partition coefficient (Wildman–Crippen LogP) is 1.74. The van der Waals surface area contributed by atoms with Crippen LogP contribution in [0, 0.1) is 0 Å². The summed E-state index contributed by atoms with van der Waals surface area (Å²) >= 11 is 0. The fourth-order valence-corrected chi connectivity index (χ4v) is 1.29. The molecule has 0 fully saturated rings. The van der Waals surface area contributed by atoms with Crippen molar-refractivity contribution in [2.24, 2.45) is 0 Å². The van der Waals surface area contributed by atoms with Gasteiger partial charge in [-0.1, -0.05) is 71.6 Å². The first-order chi connectivity index (χ1) is 9.70. The summed E-state index contributed by atoms with van der Waals surface area (Å²) < 4.78 is 57.5. The average molecular weight is 315 g/mol. The molecule has 0 spiro atoms. The standard InChI is InChI=1S/C12H10B.CHF3O3S/c1-3-7-11(8-4-1)13-12-9-5-2-6-10-12;2-1(3,4)8(5,6)7/h1-10H;(H,5,6,7). The summed E-state index contributed by atoms with van der Waals surface area (Å²) in [7, 11) is -3.67. The molecule has 0 aromatic heterocycles. The lowest BCUT2D eigenvalue weighted by atomic mass is 9.64. The Balaban J connectivity index is 0.000000240. The smallest absolute Gasteiger partial charge is 0.279 e. The van der Waals surface area contributed by atoms with Gasteiger partial charge in [0.1, 0.15) is 0 Å². The fraction of sp³-hybridized carbons (Fsp3) is 0.0769. The number of halogens is 3. The maximum absolute atomic E-state index is 10.7. The van der Waals surface area contributed by atoms with Crippen LogP contribution in [-0.4, -0.2) is 25.8 Å². The molecule has 8 heteroatoms. The molecule has 0 atom stereocenters. The Morgan fingerprint density at radius 2 is 1.10 bits per heavy atom. The Morgan fingerprint density at radius 3 is 1.33 bits per heavy atom. The van der Waals surface area contributed by atoms with E-state index in [0.29, 0.717) is 0 Å². The highest BCUT2D eigenvalue weighted by Gasteiger charge is 2.44. The Bertz CT molecular complexity index is 606. The van der Waals surface area contributed by atoms with Crippen molar-refractivity contribution in [3.63, 3.8) is 0 Å². The van der Waals surface area contributed by atoms with Crippen molar-refractivity contribution < 1.29 is 26.1 Å². The van der Waals surface area contributed by atoms with E-state index in [-0.39, 0.29) is 0 Å². The highest BCUT2D eigenvalue weighted by atomic mass is 32.2. The average Bonchev–Trinajstić information content (AvgIpc) is 2.39. The lowest BCUT2D eigenvalue weighted by Crippen LogP contribution is -2.26. The number of benzene rings is 2. The first kappa shape index (κ1) is 17.3. The topological polar surface area (TPSA) is 54.4 Å². The van der Waals surface area contributed by atoms with Gasteiger partial charge in [-0.2, -0.15) is 21.6 Å². The van der Waals surface area contributed by atoms with E-state index < -0.39 is 15.6 Å². The monoisotopic (exact) mass is 315 g/mol. The van der Waals surface area contributed by atoms with Gasteiger partial charge in [-0.25, -0.2) is 0 Å². The van der Waals surface area contributed by atoms with Crippen LogP contribution in [0.15, 0.2) is 60.7 Å². The van der Waals surface area contributed by atoms with E-state index in [9.17, 15) is 13.2 Å². The molecule has 0 aliphatic carbocycles. The maximum atomic E-state index is 10.7. The Hall–Kier alpha value is -1.80. The van der Waals surface area contributed by atoms with Crippen LogP contribution >= 0.6 is 0 Å². The van der Waals surface area contributed by atoms with Crippen LogP contribution < -0.4 is 10.9 Å². The zero-order valence-corrected chi connectivity index (χ0v) is 11.5. The summed E-state index contributed by atoms with van der Waals surface area (Å²) in [5.74, 6) is 0. The minimum absolute atomic E-state index is 1.24. The summed E-state index contributed by atoms with van der Waals surface area (Å²) in [6, 6.07) is 20.7. The summed E-state index contributed by atoms with van der Waals surface area (Å²) in [5.41, 5.74) is -3.05. The number of rotatable bonds is 2. The second-order valence-electron chi connectivity index (χ2n) is 3.89. The van der Waals surface area contributed by atoms with E-state index in [4.69, 9.17) is 13.0 Å².